The molecule has 0 amide bonds. The van der Waals surface area contributed by atoms with E-state index in [1.807, 2.05) is 19.3 Å². The number of nitrogens with one attached hydrogen (secondary N) is 1. The Labute approximate surface area is 107 Å². The summed E-state index contributed by atoms with van der Waals surface area (Å²) in [7, 11) is 1.95. The quantitative estimate of drug-likeness (QED) is 0.895. The average molecular weight is 242 g/mol. The van der Waals surface area contributed by atoms with Crippen molar-refractivity contribution < 1.29 is 4.74 Å². The molecule has 18 heavy (non-hydrogen) atoms. The Morgan fingerprint density at radius 2 is 2.06 bits per heavy atom. The minimum atomic E-state index is 0.371. The zero-order chi connectivity index (χ0) is 12.4. The first kappa shape index (κ1) is 11.5. The molecule has 1 N–H and O–H groups in total. The minimum absolute atomic E-state index is 0.371. The molecule has 2 aromatic rings. The van der Waals surface area contributed by atoms with E-state index in [1.165, 1.54) is 17.4 Å². The molecule has 0 bridgehead atoms. The number of benzene rings is 1. The molecule has 1 aromatic heterocycles. The standard InChI is InChI=1S/C15H18N2O/c1-16-9-11-10-17-15(18-12-5-4-6-12)14-8-3-2-7-13(11)14/h2-3,7-8,10,12,16H,4-6,9H2,1H3. The topological polar surface area (TPSA) is 34.2 Å². The maximum absolute atomic E-state index is 5.97. The van der Waals surface area contributed by atoms with Crippen LogP contribution in [-0.4, -0.2) is 18.1 Å². The van der Waals surface area contributed by atoms with Crippen LogP contribution in [0.15, 0.2) is 30.5 Å². The van der Waals surface area contributed by atoms with Crippen LogP contribution in [0.3, 0.4) is 0 Å². The maximum Gasteiger partial charge on any atom is 0.221 e. The summed E-state index contributed by atoms with van der Waals surface area (Å²) in [5.41, 5.74) is 1.22. The molecule has 94 valence electrons. The molecule has 3 nitrogen and oxygen atoms in total. The molecule has 1 saturated carbocycles. The van der Waals surface area contributed by atoms with Crippen LogP contribution in [0, 0.1) is 0 Å². The van der Waals surface area contributed by atoms with Gasteiger partial charge in [-0.15, -0.1) is 0 Å². The molecular weight excluding hydrogens is 224 g/mol. The lowest BCUT2D eigenvalue weighted by Crippen LogP contribution is -2.25. The van der Waals surface area contributed by atoms with Crippen molar-refractivity contribution in [3.63, 3.8) is 0 Å². The fraction of sp³-hybridized carbons (Fsp3) is 0.400. The molecule has 1 aliphatic carbocycles. The van der Waals surface area contributed by atoms with E-state index in [4.69, 9.17) is 4.74 Å². The minimum Gasteiger partial charge on any atom is -0.474 e. The third-order valence-electron chi connectivity index (χ3n) is 3.54. The van der Waals surface area contributed by atoms with Gasteiger partial charge in [-0.3, -0.25) is 0 Å². The molecule has 3 heteroatoms. The Morgan fingerprint density at radius 1 is 1.28 bits per heavy atom. The van der Waals surface area contributed by atoms with Gasteiger partial charge in [0.2, 0.25) is 5.88 Å². The van der Waals surface area contributed by atoms with Crippen LogP contribution in [0.2, 0.25) is 0 Å². The number of fused-ring (bicyclic) bond motifs is 1. The summed E-state index contributed by atoms with van der Waals surface area (Å²) in [6.45, 7) is 0.831. The van der Waals surface area contributed by atoms with E-state index in [0.29, 0.717) is 6.10 Å². The molecule has 1 aliphatic rings. The van der Waals surface area contributed by atoms with Crippen LogP contribution in [0.1, 0.15) is 24.8 Å². The van der Waals surface area contributed by atoms with Crippen LogP contribution in [0.4, 0.5) is 0 Å². The first-order chi connectivity index (χ1) is 8.88. The summed E-state index contributed by atoms with van der Waals surface area (Å²) in [6.07, 6.45) is 5.89. The Bertz CT molecular complexity index is 549. The number of pyridine rings is 1. The van der Waals surface area contributed by atoms with Crippen LogP contribution in [-0.2, 0) is 6.54 Å². The number of aromatic nitrogens is 1. The molecule has 3 rings (SSSR count). The van der Waals surface area contributed by atoms with Crippen LogP contribution < -0.4 is 10.1 Å². The maximum atomic E-state index is 5.97. The van der Waals surface area contributed by atoms with Gasteiger partial charge in [0.05, 0.1) is 0 Å². The van der Waals surface area contributed by atoms with E-state index in [-0.39, 0.29) is 0 Å². The Hall–Kier alpha value is -1.61. The van der Waals surface area contributed by atoms with Crippen molar-refractivity contribution in [2.24, 2.45) is 0 Å². The van der Waals surface area contributed by atoms with Crippen molar-refractivity contribution in [3.8, 4) is 5.88 Å². The van der Waals surface area contributed by atoms with Crippen molar-refractivity contribution in [3.05, 3.63) is 36.0 Å². The molecule has 1 heterocycles. The number of rotatable bonds is 4. The van der Waals surface area contributed by atoms with Gasteiger partial charge in [-0.2, -0.15) is 0 Å². The SMILES string of the molecule is CNCc1cnc(OC2CCC2)c2ccccc12. The highest BCUT2D eigenvalue weighted by molar-refractivity contribution is 5.89. The Morgan fingerprint density at radius 3 is 2.72 bits per heavy atom. The van der Waals surface area contributed by atoms with Gasteiger partial charge in [-0.05, 0) is 43.3 Å². The van der Waals surface area contributed by atoms with Gasteiger partial charge in [0.25, 0.3) is 0 Å². The zero-order valence-electron chi connectivity index (χ0n) is 10.6. The third kappa shape index (κ3) is 2.06. The van der Waals surface area contributed by atoms with Gasteiger partial charge in [-0.1, -0.05) is 18.2 Å². The van der Waals surface area contributed by atoms with Gasteiger partial charge in [0.1, 0.15) is 6.10 Å². The molecular formula is C15H18N2O. The second-order valence-corrected chi connectivity index (χ2v) is 4.84. The van der Waals surface area contributed by atoms with E-state index in [2.05, 4.69) is 28.5 Å². The predicted molar refractivity (Wildman–Crippen MR) is 72.8 cm³/mol. The summed E-state index contributed by atoms with van der Waals surface area (Å²) in [4.78, 5) is 4.49. The first-order valence-electron chi connectivity index (χ1n) is 6.56. The molecule has 0 atom stereocenters. The van der Waals surface area contributed by atoms with Crippen molar-refractivity contribution in [2.45, 2.75) is 31.9 Å². The Balaban J connectivity index is 2.01. The van der Waals surface area contributed by atoms with Gasteiger partial charge >= 0.3 is 0 Å². The van der Waals surface area contributed by atoms with Gasteiger partial charge in [0, 0.05) is 18.1 Å². The van der Waals surface area contributed by atoms with Crippen molar-refractivity contribution in [1.29, 1.82) is 0 Å². The smallest absolute Gasteiger partial charge is 0.221 e. The monoisotopic (exact) mass is 242 g/mol. The van der Waals surface area contributed by atoms with Crippen molar-refractivity contribution in [1.82, 2.24) is 10.3 Å². The summed E-state index contributed by atoms with van der Waals surface area (Å²) in [5, 5.41) is 5.53. The Kier molecular flexibility index (Phi) is 3.15. The van der Waals surface area contributed by atoms with Gasteiger partial charge in [0.15, 0.2) is 0 Å². The van der Waals surface area contributed by atoms with E-state index in [1.54, 1.807) is 0 Å². The zero-order valence-corrected chi connectivity index (χ0v) is 10.6. The largest absolute Gasteiger partial charge is 0.474 e. The molecule has 0 radical (unpaired) electrons. The highest BCUT2D eigenvalue weighted by atomic mass is 16.5. The number of hydrogen-bond acceptors (Lipinski definition) is 3. The average Bonchev–Trinajstić information content (AvgIpc) is 2.36. The molecule has 1 aromatic carbocycles. The number of hydrogen-bond donors (Lipinski definition) is 1. The van der Waals surface area contributed by atoms with Crippen LogP contribution >= 0.6 is 0 Å². The van der Waals surface area contributed by atoms with Crippen LogP contribution in [0.5, 0.6) is 5.88 Å². The van der Waals surface area contributed by atoms with E-state index in [9.17, 15) is 0 Å². The summed E-state index contributed by atoms with van der Waals surface area (Å²) < 4.78 is 5.97. The van der Waals surface area contributed by atoms with E-state index >= 15 is 0 Å². The molecule has 0 spiro atoms. The van der Waals surface area contributed by atoms with E-state index < -0.39 is 0 Å². The lowest BCUT2D eigenvalue weighted by atomic mass is 9.96. The lowest BCUT2D eigenvalue weighted by Gasteiger charge is -2.26. The first-order valence-corrected chi connectivity index (χ1v) is 6.56. The number of ether oxygens (including phenoxy) is 1. The lowest BCUT2D eigenvalue weighted by molar-refractivity contribution is 0.116. The third-order valence-corrected chi connectivity index (χ3v) is 3.54. The summed E-state index contributed by atoms with van der Waals surface area (Å²) in [6, 6.07) is 8.34. The van der Waals surface area contributed by atoms with Crippen molar-refractivity contribution >= 4 is 10.8 Å². The van der Waals surface area contributed by atoms with Crippen LogP contribution in [0.25, 0.3) is 10.8 Å². The normalized spacial score (nSPS) is 15.6. The molecule has 1 fully saturated rings. The summed E-state index contributed by atoms with van der Waals surface area (Å²) in [5.74, 6) is 0.787. The highest BCUT2D eigenvalue weighted by Crippen LogP contribution is 2.30. The predicted octanol–water partition coefficient (Wildman–Crippen LogP) is 2.89. The second-order valence-electron chi connectivity index (χ2n) is 4.84. The van der Waals surface area contributed by atoms with Crippen molar-refractivity contribution in [2.75, 3.05) is 7.05 Å². The molecule has 0 aliphatic heterocycles. The fourth-order valence-corrected chi connectivity index (χ4v) is 2.30. The van der Waals surface area contributed by atoms with E-state index in [0.717, 1.165) is 30.7 Å². The van der Waals surface area contributed by atoms with Gasteiger partial charge < -0.3 is 10.1 Å². The molecule has 0 unspecified atom stereocenters. The van der Waals surface area contributed by atoms with Gasteiger partial charge in [-0.25, -0.2) is 4.98 Å². The highest BCUT2D eigenvalue weighted by Gasteiger charge is 2.20. The summed E-state index contributed by atoms with van der Waals surface area (Å²) >= 11 is 0. The second kappa shape index (κ2) is 4.94. The number of nitrogens with zero attached hydrogens (tertiary/aromatic N) is 1. The fourth-order valence-electron chi connectivity index (χ4n) is 2.30. The molecule has 0 saturated heterocycles.